The molecule has 88 valence electrons. The van der Waals surface area contributed by atoms with Gasteiger partial charge in [-0.05, 0) is 12.8 Å². The van der Waals surface area contributed by atoms with Gasteiger partial charge in [0, 0.05) is 12.6 Å². The lowest BCUT2D eigenvalue weighted by molar-refractivity contribution is 0.0690. The van der Waals surface area contributed by atoms with Gasteiger partial charge >= 0.3 is 5.97 Å². The molecule has 16 heavy (non-hydrogen) atoms. The lowest BCUT2D eigenvalue weighted by atomic mass is 10.1. The summed E-state index contributed by atoms with van der Waals surface area (Å²) >= 11 is 0. The van der Waals surface area contributed by atoms with Gasteiger partial charge in [-0.15, -0.1) is 0 Å². The molecule has 0 amide bonds. The smallest absolute Gasteiger partial charge is 0.356 e. The lowest BCUT2D eigenvalue weighted by Crippen LogP contribution is -2.20. The van der Waals surface area contributed by atoms with Gasteiger partial charge in [-0.1, -0.05) is 6.92 Å². The minimum absolute atomic E-state index is 0.0826. The first kappa shape index (κ1) is 12.4. The van der Waals surface area contributed by atoms with E-state index in [9.17, 15) is 4.79 Å². The number of hydrogen-bond acceptors (Lipinski definition) is 5. The van der Waals surface area contributed by atoms with Gasteiger partial charge in [-0.2, -0.15) is 0 Å². The first-order valence-corrected chi connectivity index (χ1v) is 5.10. The zero-order valence-corrected chi connectivity index (χ0v) is 9.05. The Labute approximate surface area is 93.4 Å². The van der Waals surface area contributed by atoms with E-state index in [4.69, 9.17) is 10.2 Å². The van der Waals surface area contributed by atoms with Crippen LogP contribution >= 0.6 is 0 Å². The fraction of sp³-hybridized carbons (Fsp3) is 0.500. The van der Waals surface area contributed by atoms with E-state index in [2.05, 4.69) is 15.3 Å². The molecular formula is C10H15N3O3. The van der Waals surface area contributed by atoms with Crippen molar-refractivity contribution in [2.24, 2.45) is 0 Å². The Bertz CT molecular complexity index is 340. The van der Waals surface area contributed by atoms with Crippen LogP contribution in [0.2, 0.25) is 0 Å². The molecule has 0 aliphatic carbocycles. The molecule has 0 bridgehead atoms. The number of aromatic carboxylic acids is 1. The van der Waals surface area contributed by atoms with Crippen LogP contribution in [0.1, 0.15) is 30.3 Å². The quantitative estimate of drug-likeness (QED) is 0.661. The van der Waals surface area contributed by atoms with Crippen molar-refractivity contribution in [3.8, 4) is 0 Å². The Hall–Kier alpha value is -1.69. The number of aliphatic hydroxyl groups is 1. The first-order chi connectivity index (χ1) is 7.67. The molecule has 0 saturated carbocycles. The van der Waals surface area contributed by atoms with E-state index in [1.807, 2.05) is 6.92 Å². The predicted octanol–water partition coefficient (Wildman–Crippen LogP) is 0.748. The van der Waals surface area contributed by atoms with Crippen molar-refractivity contribution in [1.29, 1.82) is 0 Å². The number of carbonyl (C=O) groups is 1. The monoisotopic (exact) mass is 225 g/mol. The third-order valence-corrected chi connectivity index (χ3v) is 2.19. The standard InChI is InChI=1S/C10H15N3O3/c1-2-7(3-4-14)13-9-6-11-8(5-12-9)10(15)16/h5-7,14H,2-4H2,1H3,(H,12,13)(H,15,16). The van der Waals surface area contributed by atoms with Crippen LogP contribution in [0.5, 0.6) is 0 Å². The van der Waals surface area contributed by atoms with Crippen molar-refractivity contribution in [3.05, 3.63) is 18.1 Å². The predicted molar refractivity (Wildman–Crippen MR) is 58.4 cm³/mol. The number of anilines is 1. The normalized spacial score (nSPS) is 12.1. The molecular weight excluding hydrogens is 210 g/mol. The van der Waals surface area contributed by atoms with Gasteiger partial charge in [0.05, 0.1) is 12.4 Å². The van der Waals surface area contributed by atoms with E-state index in [-0.39, 0.29) is 18.3 Å². The van der Waals surface area contributed by atoms with Gasteiger partial charge < -0.3 is 15.5 Å². The molecule has 0 spiro atoms. The lowest BCUT2D eigenvalue weighted by Gasteiger charge is -2.15. The highest BCUT2D eigenvalue weighted by Gasteiger charge is 2.08. The minimum atomic E-state index is -1.10. The van der Waals surface area contributed by atoms with E-state index in [0.29, 0.717) is 12.2 Å². The molecule has 1 rings (SSSR count). The van der Waals surface area contributed by atoms with Crippen molar-refractivity contribution >= 4 is 11.8 Å². The zero-order chi connectivity index (χ0) is 12.0. The minimum Gasteiger partial charge on any atom is -0.476 e. The van der Waals surface area contributed by atoms with E-state index in [1.54, 1.807) is 0 Å². The molecule has 1 atom stereocenters. The summed E-state index contributed by atoms with van der Waals surface area (Å²) in [6, 6.07) is 0.120. The Morgan fingerprint density at radius 2 is 2.25 bits per heavy atom. The number of aromatic nitrogens is 2. The number of carboxylic acid groups (broad SMARTS) is 1. The molecule has 1 unspecified atom stereocenters. The molecule has 0 radical (unpaired) electrons. The average molecular weight is 225 g/mol. The number of carboxylic acids is 1. The SMILES string of the molecule is CCC(CCO)Nc1cnc(C(=O)O)cn1. The highest BCUT2D eigenvalue weighted by atomic mass is 16.4. The van der Waals surface area contributed by atoms with Gasteiger partial charge in [0.2, 0.25) is 0 Å². The molecule has 1 heterocycles. The maximum atomic E-state index is 10.5. The van der Waals surface area contributed by atoms with Crippen molar-refractivity contribution in [3.63, 3.8) is 0 Å². The summed E-state index contributed by atoms with van der Waals surface area (Å²) in [5.41, 5.74) is -0.0826. The van der Waals surface area contributed by atoms with Crippen LogP contribution in [0, 0.1) is 0 Å². The second-order valence-corrected chi connectivity index (χ2v) is 3.35. The second kappa shape index (κ2) is 6.02. The van der Waals surface area contributed by atoms with Crippen LogP contribution in [0.25, 0.3) is 0 Å². The van der Waals surface area contributed by atoms with Crippen molar-refractivity contribution in [2.45, 2.75) is 25.8 Å². The Kier molecular flexibility index (Phi) is 4.65. The molecule has 0 aliphatic rings. The average Bonchev–Trinajstić information content (AvgIpc) is 2.29. The summed E-state index contributed by atoms with van der Waals surface area (Å²) in [5, 5.41) is 20.5. The van der Waals surface area contributed by atoms with Crippen LogP contribution in [-0.4, -0.2) is 38.8 Å². The number of aliphatic hydroxyl groups excluding tert-OH is 1. The highest BCUT2D eigenvalue weighted by Crippen LogP contribution is 2.07. The molecule has 0 fully saturated rings. The van der Waals surface area contributed by atoms with E-state index in [1.165, 1.54) is 12.4 Å². The summed E-state index contributed by atoms with van der Waals surface area (Å²) < 4.78 is 0. The highest BCUT2D eigenvalue weighted by molar-refractivity contribution is 5.84. The van der Waals surface area contributed by atoms with Gasteiger partial charge in [-0.3, -0.25) is 0 Å². The van der Waals surface area contributed by atoms with E-state index >= 15 is 0 Å². The number of hydrogen-bond donors (Lipinski definition) is 3. The molecule has 1 aromatic rings. The zero-order valence-electron chi connectivity index (χ0n) is 9.05. The molecule has 3 N–H and O–H groups in total. The van der Waals surface area contributed by atoms with Crippen LogP contribution in [0.3, 0.4) is 0 Å². The molecule has 6 heteroatoms. The van der Waals surface area contributed by atoms with Crippen molar-refractivity contribution < 1.29 is 15.0 Å². The molecule has 6 nitrogen and oxygen atoms in total. The summed E-state index contributed by atoms with van der Waals surface area (Å²) in [5.74, 6) is -0.577. The molecule has 1 aromatic heterocycles. The van der Waals surface area contributed by atoms with E-state index < -0.39 is 5.97 Å². The topological polar surface area (TPSA) is 95.3 Å². The van der Waals surface area contributed by atoms with Gasteiger partial charge in [0.1, 0.15) is 5.82 Å². The maximum absolute atomic E-state index is 10.5. The van der Waals surface area contributed by atoms with Gasteiger partial charge in [0.15, 0.2) is 5.69 Å². The number of nitrogens with one attached hydrogen (secondary N) is 1. The number of rotatable bonds is 6. The summed E-state index contributed by atoms with van der Waals surface area (Å²) in [7, 11) is 0. The first-order valence-electron chi connectivity index (χ1n) is 5.10. The third-order valence-electron chi connectivity index (χ3n) is 2.19. The Balaban J connectivity index is 2.63. The van der Waals surface area contributed by atoms with Crippen LogP contribution in [-0.2, 0) is 0 Å². The Morgan fingerprint density at radius 1 is 1.50 bits per heavy atom. The number of nitrogens with zero attached hydrogens (tertiary/aromatic N) is 2. The summed E-state index contributed by atoms with van der Waals surface area (Å²) in [6.07, 6.45) is 4.06. The largest absolute Gasteiger partial charge is 0.476 e. The van der Waals surface area contributed by atoms with Gasteiger partial charge in [-0.25, -0.2) is 14.8 Å². The molecule has 0 aromatic carbocycles. The fourth-order valence-corrected chi connectivity index (χ4v) is 1.26. The molecule has 0 aliphatic heterocycles. The van der Waals surface area contributed by atoms with Crippen molar-refractivity contribution in [1.82, 2.24) is 9.97 Å². The second-order valence-electron chi connectivity index (χ2n) is 3.35. The maximum Gasteiger partial charge on any atom is 0.356 e. The summed E-state index contributed by atoms with van der Waals surface area (Å²) in [4.78, 5) is 18.2. The summed E-state index contributed by atoms with van der Waals surface area (Å²) in [6.45, 7) is 2.10. The molecule has 0 saturated heterocycles. The van der Waals surface area contributed by atoms with Crippen LogP contribution in [0.15, 0.2) is 12.4 Å². The van der Waals surface area contributed by atoms with E-state index in [0.717, 1.165) is 6.42 Å². The van der Waals surface area contributed by atoms with Crippen LogP contribution in [0.4, 0.5) is 5.82 Å². The third kappa shape index (κ3) is 3.47. The van der Waals surface area contributed by atoms with Crippen molar-refractivity contribution in [2.75, 3.05) is 11.9 Å². The Morgan fingerprint density at radius 3 is 2.69 bits per heavy atom. The van der Waals surface area contributed by atoms with Crippen LogP contribution < -0.4 is 5.32 Å². The van der Waals surface area contributed by atoms with Gasteiger partial charge in [0.25, 0.3) is 0 Å². The fourth-order valence-electron chi connectivity index (χ4n) is 1.26.